The number of hydrogen-bond donors (Lipinski definition) is 2. The molecular formula is C16H24N4O. The van der Waals surface area contributed by atoms with E-state index in [0.717, 1.165) is 25.2 Å². The molecule has 1 aromatic carbocycles. The van der Waals surface area contributed by atoms with E-state index in [4.69, 9.17) is 0 Å². The van der Waals surface area contributed by atoms with Gasteiger partial charge in [0, 0.05) is 6.54 Å². The second kappa shape index (κ2) is 7.33. The number of nitrogens with zero attached hydrogens (tertiary/aromatic N) is 3. The maximum absolute atomic E-state index is 9.36. The Bertz CT molecular complexity index is 551. The number of benzene rings is 1. The van der Waals surface area contributed by atoms with Gasteiger partial charge < -0.3 is 10.4 Å². The van der Waals surface area contributed by atoms with E-state index >= 15 is 0 Å². The van der Waals surface area contributed by atoms with E-state index < -0.39 is 0 Å². The van der Waals surface area contributed by atoms with Gasteiger partial charge in [-0.15, -0.1) is 0 Å². The highest BCUT2D eigenvalue weighted by Crippen LogP contribution is 2.14. The molecule has 5 heteroatoms. The molecule has 0 aliphatic carbocycles. The Balaban J connectivity index is 1.89. The minimum Gasteiger partial charge on any atom is -0.393 e. The summed E-state index contributed by atoms with van der Waals surface area (Å²) in [6.45, 7) is 7.81. The molecule has 2 unspecified atom stereocenters. The van der Waals surface area contributed by atoms with Crippen LogP contribution in [0.5, 0.6) is 0 Å². The molecular weight excluding hydrogens is 264 g/mol. The fourth-order valence-electron chi connectivity index (χ4n) is 2.55. The van der Waals surface area contributed by atoms with Crippen LogP contribution in [0.2, 0.25) is 0 Å². The van der Waals surface area contributed by atoms with Gasteiger partial charge in [-0.1, -0.05) is 19.1 Å². The van der Waals surface area contributed by atoms with Crippen molar-refractivity contribution in [2.45, 2.75) is 39.8 Å². The second-order valence-electron chi connectivity index (χ2n) is 5.78. The first kappa shape index (κ1) is 15.7. The van der Waals surface area contributed by atoms with Gasteiger partial charge in [-0.05, 0) is 49.9 Å². The SMILES string of the molecule is Cc1cc(CNCC(C)CC(C)O)ccc1-n1cncn1. The Kier molecular flexibility index (Phi) is 5.47. The van der Waals surface area contributed by atoms with E-state index in [1.807, 2.05) is 6.92 Å². The zero-order chi connectivity index (χ0) is 15.2. The summed E-state index contributed by atoms with van der Waals surface area (Å²) in [4.78, 5) is 3.97. The average molecular weight is 288 g/mol. The molecule has 0 bridgehead atoms. The maximum Gasteiger partial charge on any atom is 0.138 e. The van der Waals surface area contributed by atoms with Crippen LogP contribution in [0, 0.1) is 12.8 Å². The summed E-state index contributed by atoms with van der Waals surface area (Å²) in [7, 11) is 0. The van der Waals surface area contributed by atoms with Crippen LogP contribution >= 0.6 is 0 Å². The van der Waals surface area contributed by atoms with Gasteiger partial charge in [0.15, 0.2) is 0 Å². The number of aromatic nitrogens is 3. The molecule has 5 nitrogen and oxygen atoms in total. The zero-order valence-electron chi connectivity index (χ0n) is 13.0. The highest BCUT2D eigenvalue weighted by atomic mass is 16.3. The highest BCUT2D eigenvalue weighted by Gasteiger charge is 2.06. The van der Waals surface area contributed by atoms with Crippen molar-refractivity contribution in [2.24, 2.45) is 5.92 Å². The Morgan fingerprint density at radius 2 is 2.14 bits per heavy atom. The van der Waals surface area contributed by atoms with E-state index in [1.54, 1.807) is 17.3 Å². The molecule has 0 spiro atoms. The molecule has 0 saturated carbocycles. The summed E-state index contributed by atoms with van der Waals surface area (Å²) in [6, 6.07) is 6.35. The second-order valence-corrected chi connectivity index (χ2v) is 5.78. The quantitative estimate of drug-likeness (QED) is 0.819. The average Bonchev–Trinajstić information content (AvgIpc) is 2.91. The summed E-state index contributed by atoms with van der Waals surface area (Å²) in [5.41, 5.74) is 3.48. The van der Waals surface area contributed by atoms with Crippen LogP contribution in [0.15, 0.2) is 30.9 Å². The smallest absolute Gasteiger partial charge is 0.138 e. The van der Waals surface area contributed by atoms with Gasteiger partial charge in [-0.25, -0.2) is 9.67 Å². The van der Waals surface area contributed by atoms with Gasteiger partial charge in [0.1, 0.15) is 12.7 Å². The van der Waals surface area contributed by atoms with Gasteiger partial charge in [0.05, 0.1) is 11.8 Å². The van der Waals surface area contributed by atoms with Gasteiger partial charge in [0.2, 0.25) is 0 Å². The number of aliphatic hydroxyl groups excluding tert-OH is 1. The Morgan fingerprint density at radius 3 is 2.76 bits per heavy atom. The molecule has 114 valence electrons. The van der Waals surface area contributed by atoms with Crippen LogP contribution in [-0.2, 0) is 6.54 Å². The molecule has 2 N–H and O–H groups in total. The van der Waals surface area contributed by atoms with Gasteiger partial charge in [-0.2, -0.15) is 5.10 Å². The van der Waals surface area contributed by atoms with Gasteiger partial charge in [-0.3, -0.25) is 0 Å². The molecule has 2 rings (SSSR count). The molecule has 1 heterocycles. The van der Waals surface area contributed by atoms with Crippen molar-refractivity contribution < 1.29 is 5.11 Å². The lowest BCUT2D eigenvalue weighted by Gasteiger charge is -2.14. The van der Waals surface area contributed by atoms with Crippen molar-refractivity contribution in [3.05, 3.63) is 42.0 Å². The van der Waals surface area contributed by atoms with Crippen LogP contribution < -0.4 is 5.32 Å². The third-order valence-corrected chi connectivity index (χ3v) is 3.49. The minimum absolute atomic E-state index is 0.231. The van der Waals surface area contributed by atoms with Crippen LogP contribution in [0.4, 0.5) is 0 Å². The highest BCUT2D eigenvalue weighted by molar-refractivity contribution is 5.41. The van der Waals surface area contributed by atoms with Crippen molar-refractivity contribution in [3.8, 4) is 5.69 Å². The number of rotatable bonds is 7. The normalized spacial score (nSPS) is 14.1. The van der Waals surface area contributed by atoms with E-state index in [2.05, 4.69) is 47.4 Å². The summed E-state index contributed by atoms with van der Waals surface area (Å²) >= 11 is 0. The van der Waals surface area contributed by atoms with Crippen molar-refractivity contribution in [1.29, 1.82) is 0 Å². The lowest BCUT2D eigenvalue weighted by molar-refractivity contribution is 0.163. The molecule has 0 aliphatic rings. The minimum atomic E-state index is -0.231. The fourth-order valence-corrected chi connectivity index (χ4v) is 2.55. The fraction of sp³-hybridized carbons (Fsp3) is 0.500. The summed E-state index contributed by atoms with van der Waals surface area (Å²) in [5.74, 6) is 0.473. The third kappa shape index (κ3) is 4.65. The first-order valence-electron chi connectivity index (χ1n) is 7.39. The van der Waals surface area contributed by atoms with Crippen LogP contribution in [0.1, 0.15) is 31.4 Å². The van der Waals surface area contributed by atoms with E-state index in [0.29, 0.717) is 5.92 Å². The van der Waals surface area contributed by atoms with Crippen molar-refractivity contribution in [2.75, 3.05) is 6.54 Å². The zero-order valence-corrected chi connectivity index (χ0v) is 13.0. The Morgan fingerprint density at radius 1 is 1.33 bits per heavy atom. The topological polar surface area (TPSA) is 63.0 Å². The monoisotopic (exact) mass is 288 g/mol. The number of nitrogens with one attached hydrogen (secondary N) is 1. The van der Waals surface area contributed by atoms with Gasteiger partial charge in [0.25, 0.3) is 0 Å². The maximum atomic E-state index is 9.36. The lowest BCUT2D eigenvalue weighted by atomic mass is 10.0. The predicted octanol–water partition coefficient (Wildman–Crippen LogP) is 2.07. The molecule has 0 aliphatic heterocycles. The van der Waals surface area contributed by atoms with Crippen LogP contribution in [0.3, 0.4) is 0 Å². The molecule has 0 radical (unpaired) electrons. The molecule has 0 saturated heterocycles. The third-order valence-electron chi connectivity index (χ3n) is 3.49. The molecule has 2 atom stereocenters. The Labute approximate surface area is 126 Å². The molecule has 1 aromatic heterocycles. The summed E-state index contributed by atoms with van der Waals surface area (Å²) in [5, 5.41) is 17.0. The van der Waals surface area contributed by atoms with E-state index in [9.17, 15) is 5.11 Å². The first-order valence-corrected chi connectivity index (χ1v) is 7.39. The Hall–Kier alpha value is -1.72. The van der Waals surface area contributed by atoms with Crippen molar-refractivity contribution in [1.82, 2.24) is 20.1 Å². The van der Waals surface area contributed by atoms with Crippen molar-refractivity contribution >= 4 is 0 Å². The lowest BCUT2D eigenvalue weighted by Crippen LogP contribution is -2.23. The van der Waals surface area contributed by atoms with Crippen LogP contribution in [0.25, 0.3) is 5.69 Å². The number of aryl methyl sites for hydroxylation is 1. The van der Waals surface area contributed by atoms with E-state index in [-0.39, 0.29) is 6.10 Å². The largest absolute Gasteiger partial charge is 0.393 e. The standard InChI is InChI=1S/C16H24N4O/c1-12(6-14(3)21)8-17-9-15-4-5-16(13(2)7-15)20-11-18-10-19-20/h4-5,7,10-12,14,17,21H,6,8-9H2,1-3H3. The van der Waals surface area contributed by atoms with Gasteiger partial charge >= 0.3 is 0 Å². The molecule has 21 heavy (non-hydrogen) atoms. The summed E-state index contributed by atoms with van der Waals surface area (Å²) in [6.07, 6.45) is 3.85. The predicted molar refractivity (Wildman–Crippen MR) is 83.3 cm³/mol. The number of hydrogen-bond acceptors (Lipinski definition) is 4. The van der Waals surface area contributed by atoms with Crippen molar-refractivity contribution in [3.63, 3.8) is 0 Å². The number of aliphatic hydroxyl groups is 1. The molecule has 0 fully saturated rings. The molecule has 0 amide bonds. The van der Waals surface area contributed by atoms with Crippen LogP contribution in [-0.4, -0.2) is 32.5 Å². The first-order chi connectivity index (χ1) is 10.1. The van der Waals surface area contributed by atoms with E-state index in [1.165, 1.54) is 11.1 Å². The molecule has 2 aromatic rings. The summed E-state index contributed by atoms with van der Waals surface area (Å²) < 4.78 is 1.78.